The van der Waals surface area contributed by atoms with Crippen molar-refractivity contribution >= 4 is 11.6 Å². The van der Waals surface area contributed by atoms with E-state index in [2.05, 4.69) is 0 Å². The zero-order valence-corrected chi connectivity index (χ0v) is 16.4. The highest BCUT2D eigenvalue weighted by atomic mass is 19.1. The number of rotatable bonds is 4. The third-order valence-corrected chi connectivity index (χ3v) is 6.60. The van der Waals surface area contributed by atoms with Crippen molar-refractivity contribution in [3.63, 3.8) is 0 Å². The van der Waals surface area contributed by atoms with E-state index in [1.165, 1.54) is 12.1 Å². The van der Waals surface area contributed by atoms with Crippen LogP contribution in [-0.4, -0.2) is 23.8 Å². The van der Waals surface area contributed by atoms with Gasteiger partial charge in [-0.2, -0.15) is 5.26 Å². The molecule has 5 rings (SSSR count). The Morgan fingerprint density at radius 1 is 1.10 bits per heavy atom. The van der Waals surface area contributed by atoms with Crippen molar-refractivity contribution in [2.75, 3.05) is 0 Å². The highest BCUT2D eigenvalue weighted by Crippen LogP contribution is 2.52. The van der Waals surface area contributed by atoms with Gasteiger partial charge in [0.15, 0.2) is 23.1 Å². The Morgan fingerprint density at radius 3 is 2.40 bits per heavy atom. The lowest BCUT2D eigenvalue weighted by Gasteiger charge is -2.17. The molecule has 6 heteroatoms. The number of Topliss-reactive ketones (excluding diaryl/α,β-unsaturated/α-hetero) is 2. The molecule has 2 aromatic carbocycles. The van der Waals surface area contributed by atoms with E-state index in [-0.39, 0.29) is 46.9 Å². The largest absolute Gasteiger partial charge is 0.454 e. The highest BCUT2D eigenvalue weighted by molar-refractivity contribution is 6.17. The maximum atomic E-state index is 14.2. The molecule has 1 aliphatic carbocycles. The van der Waals surface area contributed by atoms with E-state index in [0.29, 0.717) is 17.7 Å². The summed E-state index contributed by atoms with van der Waals surface area (Å²) in [7, 11) is 0. The molecule has 1 saturated carbocycles. The van der Waals surface area contributed by atoms with Crippen LogP contribution in [0.2, 0.25) is 0 Å². The Labute approximate surface area is 173 Å². The molecule has 3 aliphatic rings. The van der Waals surface area contributed by atoms with Crippen LogP contribution in [0.15, 0.2) is 36.4 Å². The van der Waals surface area contributed by atoms with Crippen molar-refractivity contribution in [2.45, 2.75) is 44.3 Å². The number of hydrogen-bond donors (Lipinski definition) is 0. The molecule has 2 aliphatic heterocycles. The Hall–Kier alpha value is -3.04. The number of halogens is 1. The molecule has 5 atom stereocenters. The van der Waals surface area contributed by atoms with Crippen LogP contribution in [-0.2, 0) is 20.7 Å². The first-order valence-electron chi connectivity index (χ1n) is 10.2. The number of carbonyl (C=O) groups is 2. The van der Waals surface area contributed by atoms with E-state index >= 15 is 0 Å². The second-order valence-corrected chi connectivity index (χ2v) is 8.15. The van der Waals surface area contributed by atoms with Gasteiger partial charge in [-0.15, -0.1) is 0 Å². The number of ketones is 2. The van der Waals surface area contributed by atoms with Gasteiger partial charge < -0.3 is 9.47 Å². The Balaban J connectivity index is 1.49. The monoisotopic (exact) mass is 405 g/mol. The van der Waals surface area contributed by atoms with Gasteiger partial charge in [-0.3, -0.25) is 9.59 Å². The van der Waals surface area contributed by atoms with Gasteiger partial charge in [-0.1, -0.05) is 13.0 Å². The van der Waals surface area contributed by atoms with Crippen molar-refractivity contribution in [3.05, 3.63) is 58.9 Å². The summed E-state index contributed by atoms with van der Waals surface area (Å²) in [4.78, 5) is 26.4. The lowest BCUT2D eigenvalue weighted by Crippen LogP contribution is -2.29. The van der Waals surface area contributed by atoms with Gasteiger partial charge in [-0.05, 0) is 60.7 Å². The molecule has 3 fully saturated rings. The average Bonchev–Trinajstić information content (AvgIpc) is 3.43. The van der Waals surface area contributed by atoms with E-state index in [1.54, 1.807) is 12.1 Å². The fraction of sp³-hybridized carbons (Fsp3) is 0.375. The van der Waals surface area contributed by atoms with Gasteiger partial charge in [-0.25, -0.2) is 4.39 Å². The minimum atomic E-state index is -0.809. The molecule has 2 saturated heterocycles. The molecule has 0 amide bonds. The molecule has 2 bridgehead atoms. The number of ether oxygens (including phenoxy) is 2. The zero-order valence-electron chi connectivity index (χ0n) is 16.4. The predicted molar refractivity (Wildman–Crippen MR) is 105 cm³/mol. The summed E-state index contributed by atoms with van der Waals surface area (Å²) < 4.78 is 25.8. The van der Waals surface area contributed by atoms with Crippen LogP contribution < -0.4 is 4.74 Å². The summed E-state index contributed by atoms with van der Waals surface area (Å²) >= 11 is 0. The van der Waals surface area contributed by atoms with Gasteiger partial charge in [0.05, 0.1) is 35.7 Å². The topological polar surface area (TPSA) is 76.4 Å². The molecule has 0 N–H and O–H groups in total. The fourth-order valence-electron chi connectivity index (χ4n) is 5.24. The minimum Gasteiger partial charge on any atom is -0.454 e. The lowest BCUT2D eigenvalue weighted by molar-refractivity contribution is -0.127. The Kier molecular flexibility index (Phi) is 4.44. The highest BCUT2D eigenvalue weighted by Gasteiger charge is 2.63. The van der Waals surface area contributed by atoms with Crippen LogP contribution in [0.4, 0.5) is 4.39 Å². The van der Waals surface area contributed by atoms with Gasteiger partial charge >= 0.3 is 0 Å². The van der Waals surface area contributed by atoms with E-state index in [0.717, 1.165) is 24.5 Å². The summed E-state index contributed by atoms with van der Waals surface area (Å²) in [5, 5.41) is 8.89. The SMILES string of the molecule is CCc1ccc(Oc2ccc(C#N)cc2F)cc1C1C(=O)[C@@H]2[C@H](C1=O)[C@H]1CC[C@@H]2O1. The third-order valence-electron chi connectivity index (χ3n) is 6.60. The van der Waals surface area contributed by atoms with E-state index in [9.17, 15) is 14.0 Å². The first kappa shape index (κ1) is 19.0. The summed E-state index contributed by atoms with van der Waals surface area (Å²) in [6.07, 6.45) is 2.05. The molecule has 0 radical (unpaired) electrons. The van der Waals surface area contributed by atoms with Gasteiger partial charge in [0.1, 0.15) is 11.7 Å². The fourth-order valence-corrected chi connectivity index (χ4v) is 5.24. The van der Waals surface area contributed by atoms with Crippen molar-refractivity contribution in [3.8, 4) is 17.6 Å². The molecule has 1 unspecified atom stereocenters. The second-order valence-electron chi connectivity index (χ2n) is 8.15. The first-order chi connectivity index (χ1) is 14.5. The third kappa shape index (κ3) is 2.77. The molecule has 5 nitrogen and oxygen atoms in total. The van der Waals surface area contributed by atoms with Gasteiger partial charge in [0.2, 0.25) is 0 Å². The second kappa shape index (κ2) is 7.03. The van der Waals surface area contributed by atoms with Gasteiger partial charge in [0, 0.05) is 0 Å². The molecule has 152 valence electrons. The van der Waals surface area contributed by atoms with Crippen LogP contribution in [0, 0.1) is 29.0 Å². The zero-order chi connectivity index (χ0) is 21.0. The summed E-state index contributed by atoms with van der Waals surface area (Å²) in [6.45, 7) is 1.97. The van der Waals surface area contributed by atoms with Crippen LogP contribution >= 0.6 is 0 Å². The Morgan fingerprint density at radius 2 is 1.80 bits per heavy atom. The molecular weight excluding hydrogens is 385 g/mol. The van der Waals surface area contributed by atoms with Crippen LogP contribution in [0.3, 0.4) is 0 Å². The normalized spacial score (nSPS) is 29.2. The molecule has 0 spiro atoms. The number of fused-ring (bicyclic) bond motifs is 5. The standard InChI is InChI=1S/C24H20FNO4/c1-2-13-4-5-14(29-17-6-3-12(11-26)9-16(17)25)10-15(13)20-23(27)21-18-7-8-19(30-18)22(21)24(20)28/h3-6,9-10,18-22H,2,7-8H2,1H3/t18-,19+,20?,21-,22+. The summed E-state index contributed by atoms with van der Waals surface area (Å²) in [5.74, 6) is -1.93. The Bertz CT molecular complexity index is 1080. The van der Waals surface area contributed by atoms with E-state index in [4.69, 9.17) is 14.7 Å². The molecule has 2 heterocycles. The number of hydrogen-bond acceptors (Lipinski definition) is 5. The quantitative estimate of drug-likeness (QED) is 0.717. The van der Waals surface area contributed by atoms with Crippen LogP contribution in [0.25, 0.3) is 0 Å². The smallest absolute Gasteiger partial charge is 0.167 e. The maximum Gasteiger partial charge on any atom is 0.167 e. The number of benzene rings is 2. The van der Waals surface area contributed by atoms with Crippen molar-refractivity contribution < 1.29 is 23.5 Å². The van der Waals surface area contributed by atoms with Crippen molar-refractivity contribution in [2.24, 2.45) is 11.8 Å². The average molecular weight is 405 g/mol. The predicted octanol–water partition coefficient (Wildman–Crippen LogP) is 4.08. The van der Waals surface area contributed by atoms with Gasteiger partial charge in [0.25, 0.3) is 0 Å². The molecule has 30 heavy (non-hydrogen) atoms. The molecule has 2 aromatic rings. The number of carbonyl (C=O) groups excluding carboxylic acids is 2. The number of nitrogens with zero attached hydrogens (tertiary/aromatic N) is 1. The van der Waals surface area contributed by atoms with Crippen LogP contribution in [0.1, 0.15) is 42.4 Å². The number of aryl methyl sites for hydroxylation is 1. The maximum absolute atomic E-state index is 14.2. The van der Waals surface area contributed by atoms with Crippen molar-refractivity contribution in [1.29, 1.82) is 5.26 Å². The van der Waals surface area contributed by atoms with E-state index < -0.39 is 11.7 Å². The van der Waals surface area contributed by atoms with Crippen molar-refractivity contribution in [1.82, 2.24) is 0 Å². The summed E-state index contributed by atoms with van der Waals surface area (Å²) in [6, 6.07) is 11.1. The van der Waals surface area contributed by atoms with Crippen LogP contribution in [0.5, 0.6) is 11.5 Å². The first-order valence-corrected chi connectivity index (χ1v) is 10.2. The lowest BCUT2D eigenvalue weighted by atomic mass is 9.81. The molecule has 0 aromatic heterocycles. The number of nitriles is 1. The minimum absolute atomic E-state index is 0.0170. The van der Waals surface area contributed by atoms with E-state index in [1.807, 2.05) is 19.1 Å². The molecular formula is C24H20FNO4. The summed E-state index contributed by atoms with van der Waals surface area (Å²) in [5.41, 5.74) is 1.75.